The van der Waals surface area contributed by atoms with Crippen LogP contribution in [-0.4, -0.2) is 32.6 Å². The Hall–Kier alpha value is -2.22. The minimum atomic E-state index is -3.81. The fraction of sp³-hybridized carbons (Fsp3) is 0.182. The van der Waals surface area contributed by atoms with E-state index in [4.69, 9.17) is 9.47 Å². The van der Waals surface area contributed by atoms with Crippen molar-refractivity contribution in [2.45, 2.75) is 4.90 Å². The summed E-state index contributed by atoms with van der Waals surface area (Å²) >= 11 is 0. The highest BCUT2D eigenvalue weighted by atomic mass is 32.2. The predicted octanol–water partition coefficient (Wildman–Crippen LogP) is 1.23. The number of rotatable bonds is 5. The third kappa shape index (κ3) is 2.79. The number of methoxy groups -OCH3 is 2. The Kier molecular flexibility index (Phi) is 3.61. The van der Waals surface area contributed by atoms with Crippen LogP contribution in [0, 0.1) is 0 Å². The van der Waals surface area contributed by atoms with Gasteiger partial charge in [0.15, 0.2) is 0 Å². The Bertz CT molecular complexity index is 653. The van der Waals surface area contributed by atoms with Crippen molar-refractivity contribution in [3.8, 4) is 11.5 Å². The van der Waals surface area contributed by atoms with E-state index in [2.05, 4.69) is 14.7 Å². The number of ether oxygens (including phenoxy) is 2. The first-order chi connectivity index (χ1) is 9.06. The number of aromatic nitrogens is 2. The molecule has 102 valence electrons. The fourth-order valence-electron chi connectivity index (χ4n) is 1.50. The molecule has 0 bridgehead atoms. The molecule has 2 aromatic rings. The van der Waals surface area contributed by atoms with Crippen molar-refractivity contribution in [1.82, 2.24) is 9.97 Å². The van der Waals surface area contributed by atoms with Crippen molar-refractivity contribution in [2.75, 3.05) is 18.9 Å². The fourth-order valence-corrected chi connectivity index (χ4v) is 2.66. The third-order valence-corrected chi connectivity index (χ3v) is 3.75. The van der Waals surface area contributed by atoms with Crippen LogP contribution >= 0.6 is 0 Å². The van der Waals surface area contributed by atoms with Crippen LogP contribution in [0.5, 0.6) is 11.5 Å². The molecule has 0 aliphatic heterocycles. The normalized spacial score (nSPS) is 11.1. The van der Waals surface area contributed by atoms with Gasteiger partial charge in [0.2, 0.25) is 5.95 Å². The van der Waals surface area contributed by atoms with Crippen LogP contribution in [0.4, 0.5) is 5.95 Å². The highest BCUT2D eigenvalue weighted by molar-refractivity contribution is 7.92. The number of nitrogens with zero attached hydrogens (tertiary/aromatic N) is 1. The third-order valence-electron chi connectivity index (χ3n) is 2.39. The molecule has 0 radical (unpaired) electrons. The molecule has 1 aromatic heterocycles. The predicted molar refractivity (Wildman–Crippen MR) is 68.9 cm³/mol. The van der Waals surface area contributed by atoms with Crippen LogP contribution in [0.25, 0.3) is 0 Å². The van der Waals surface area contributed by atoms with Crippen molar-refractivity contribution >= 4 is 16.0 Å². The van der Waals surface area contributed by atoms with Crippen molar-refractivity contribution < 1.29 is 17.9 Å². The van der Waals surface area contributed by atoms with Crippen LogP contribution in [0.2, 0.25) is 0 Å². The highest BCUT2D eigenvalue weighted by Crippen LogP contribution is 2.29. The van der Waals surface area contributed by atoms with Crippen LogP contribution in [-0.2, 0) is 10.0 Å². The smallest absolute Gasteiger partial charge is 0.268 e. The van der Waals surface area contributed by atoms with Crippen LogP contribution in [0.3, 0.4) is 0 Å². The van der Waals surface area contributed by atoms with E-state index >= 15 is 0 Å². The summed E-state index contributed by atoms with van der Waals surface area (Å²) in [7, 11) is -0.954. The molecule has 0 saturated heterocycles. The Balaban J connectivity index is 2.43. The van der Waals surface area contributed by atoms with Crippen molar-refractivity contribution in [1.29, 1.82) is 0 Å². The molecule has 7 nitrogen and oxygen atoms in total. The van der Waals surface area contributed by atoms with E-state index in [1.165, 1.54) is 38.7 Å². The molecule has 0 spiro atoms. The highest BCUT2D eigenvalue weighted by Gasteiger charge is 2.21. The summed E-state index contributed by atoms with van der Waals surface area (Å²) in [5.41, 5.74) is 0. The van der Waals surface area contributed by atoms with Crippen molar-refractivity contribution in [3.63, 3.8) is 0 Å². The number of hydrogen-bond donors (Lipinski definition) is 2. The lowest BCUT2D eigenvalue weighted by Gasteiger charge is -2.11. The van der Waals surface area contributed by atoms with E-state index in [9.17, 15) is 8.42 Å². The summed E-state index contributed by atoms with van der Waals surface area (Å²) in [6.45, 7) is 0. The van der Waals surface area contributed by atoms with E-state index in [-0.39, 0.29) is 16.6 Å². The lowest BCUT2D eigenvalue weighted by atomic mass is 10.3. The van der Waals surface area contributed by atoms with Gasteiger partial charge in [-0.25, -0.2) is 18.1 Å². The molecule has 0 unspecified atom stereocenters. The molecule has 0 aliphatic carbocycles. The molecule has 0 fully saturated rings. The van der Waals surface area contributed by atoms with Crippen LogP contribution < -0.4 is 14.2 Å². The van der Waals surface area contributed by atoms with Gasteiger partial charge in [-0.1, -0.05) is 0 Å². The summed E-state index contributed by atoms with van der Waals surface area (Å²) in [6, 6.07) is 4.52. The van der Waals surface area contributed by atoms with Gasteiger partial charge in [-0.2, -0.15) is 0 Å². The maximum atomic E-state index is 12.2. The van der Waals surface area contributed by atoms with Crippen molar-refractivity contribution in [3.05, 3.63) is 30.6 Å². The lowest BCUT2D eigenvalue weighted by Crippen LogP contribution is -2.15. The van der Waals surface area contributed by atoms with Gasteiger partial charge >= 0.3 is 0 Å². The van der Waals surface area contributed by atoms with Crippen LogP contribution in [0.15, 0.2) is 35.5 Å². The van der Waals surface area contributed by atoms with E-state index < -0.39 is 10.0 Å². The lowest BCUT2D eigenvalue weighted by molar-refractivity contribution is 0.392. The molecular formula is C11H13N3O4S. The molecule has 2 N–H and O–H groups in total. The summed E-state index contributed by atoms with van der Waals surface area (Å²) in [5.74, 6) is 0.769. The molecule has 0 saturated carbocycles. The average molecular weight is 283 g/mol. The maximum absolute atomic E-state index is 12.2. The summed E-state index contributed by atoms with van der Waals surface area (Å²) in [4.78, 5) is 6.44. The second-order valence-corrected chi connectivity index (χ2v) is 5.21. The monoisotopic (exact) mass is 283 g/mol. The molecule has 8 heteroatoms. The molecule has 1 aromatic carbocycles. The SMILES string of the molecule is COc1ccc(OC)c(S(=O)(=O)Nc2ncc[nH]2)c1. The van der Waals surface area contributed by atoms with Gasteiger partial charge in [0.25, 0.3) is 10.0 Å². The molecule has 1 heterocycles. The Labute approximate surface area is 110 Å². The Morgan fingerprint density at radius 1 is 1.26 bits per heavy atom. The molecule has 0 atom stereocenters. The standard InChI is InChI=1S/C11H13N3O4S/c1-17-8-3-4-9(18-2)10(7-8)19(15,16)14-11-12-5-6-13-11/h3-7H,1-2H3,(H2,12,13,14). The van der Waals surface area contributed by atoms with Gasteiger partial charge in [0, 0.05) is 18.5 Å². The Morgan fingerprint density at radius 2 is 2.05 bits per heavy atom. The number of anilines is 1. The molecule has 0 amide bonds. The van der Waals surface area contributed by atoms with Crippen molar-refractivity contribution in [2.24, 2.45) is 0 Å². The quantitative estimate of drug-likeness (QED) is 0.860. The molecule has 0 aliphatic rings. The van der Waals surface area contributed by atoms with Gasteiger partial charge in [-0.3, -0.25) is 0 Å². The number of sulfonamides is 1. The van der Waals surface area contributed by atoms with Gasteiger partial charge in [-0.15, -0.1) is 0 Å². The first-order valence-corrected chi connectivity index (χ1v) is 6.79. The molecule has 19 heavy (non-hydrogen) atoms. The molecular weight excluding hydrogens is 270 g/mol. The van der Waals surface area contributed by atoms with E-state index in [1.807, 2.05) is 0 Å². The second-order valence-electron chi connectivity index (χ2n) is 3.56. The number of imidazole rings is 1. The number of nitrogens with one attached hydrogen (secondary N) is 2. The Morgan fingerprint density at radius 3 is 2.63 bits per heavy atom. The maximum Gasteiger partial charge on any atom is 0.268 e. The number of hydrogen-bond acceptors (Lipinski definition) is 5. The zero-order valence-electron chi connectivity index (χ0n) is 10.4. The second kappa shape index (κ2) is 5.19. The summed E-state index contributed by atoms with van der Waals surface area (Å²) in [6.07, 6.45) is 2.96. The van der Waals surface area contributed by atoms with E-state index in [0.29, 0.717) is 5.75 Å². The molecule has 2 rings (SSSR count). The van der Waals surface area contributed by atoms with Gasteiger partial charge < -0.3 is 14.5 Å². The minimum absolute atomic E-state index is 0.0225. The van der Waals surface area contributed by atoms with E-state index in [0.717, 1.165) is 0 Å². The van der Waals surface area contributed by atoms with Gasteiger partial charge in [-0.05, 0) is 12.1 Å². The largest absolute Gasteiger partial charge is 0.497 e. The van der Waals surface area contributed by atoms with Crippen LogP contribution in [0.1, 0.15) is 0 Å². The first kappa shape index (κ1) is 13.2. The summed E-state index contributed by atoms with van der Waals surface area (Å²) < 4.78 is 36.9. The van der Waals surface area contributed by atoms with Gasteiger partial charge in [0.05, 0.1) is 14.2 Å². The number of aromatic amines is 1. The topological polar surface area (TPSA) is 93.3 Å². The average Bonchev–Trinajstić information content (AvgIpc) is 2.90. The minimum Gasteiger partial charge on any atom is -0.497 e. The van der Waals surface area contributed by atoms with E-state index in [1.54, 1.807) is 6.07 Å². The zero-order valence-corrected chi connectivity index (χ0v) is 11.2. The van der Waals surface area contributed by atoms with Gasteiger partial charge in [0.1, 0.15) is 16.4 Å². The first-order valence-electron chi connectivity index (χ1n) is 5.31. The zero-order chi connectivity index (χ0) is 13.9. The number of benzene rings is 1. The summed E-state index contributed by atoms with van der Waals surface area (Å²) in [5, 5.41) is 0. The number of H-pyrrole nitrogens is 1.